The molecule has 1 aromatic carbocycles. The van der Waals surface area contributed by atoms with Crippen LogP contribution in [0.2, 0.25) is 0 Å². The smallest absolute Gasteiger partial charge is 0.210 e. The number of rotatable bonds is 2. The summed E-state index contributed by atoms with van der Waals surface area (Å²) in [6, 6.07) is 6.10. The van der Waals surface area contributed by atoms with Gasteiger partial charge < -0.3 is 4.74 Å². The molecule has 0 aliphatic carbocycles. The molecule has 0 spiro atoms. The molecule has 0 aliphatic rings. The van der Waals surface area contributed by atoms with Gasteiger partial charge in [-0.05, 0) is 25.5 Å². The number of hydrogen-bond donors (Lipinski definition) is 0. The molecule has 0 saturated carbocycles. The Hall–Kier alpha value is -1.35. The van der Waals surface area contributed by atoms with Crippen molar-refractivity contribution < 1.29 is 4.74 Å². The SMILES string of the molecule is Cc1ccc(Oc2[c]ncs2)c(C)c1. The first-order valence-corrected chi connectivity index (χ1v) is 5.20. The largest absolute Gasteiger partial charge is 0.444 e. The van der Waals surface area contributed by atoms with Crippen LogP contribution in [0.15, 0.2) is 23.7 Å². The highest BCUT2D eigenvalue weighted by Gasteiger charge is 2.02. The van der Waals surface area contributed by atoms with Gasteiger partial charge >= 0.3 is 0 Å². The summed E-state index contributed by atoms with van der Waals surface area (Å²) in [5, 5.41) is 0.706. The zero-order chi connectivity index (χ0) is 9.97. The van der Waals surface area contributed by atoms with Gasteiger partial charge in [0, 0.05) is 0 Å². The van der Waals surface area contributed by atoms with E-state index >= 15 is 0 Å². The summed E-state index contributed by atoms with van der Waals surface area (Å²) in [4.78, 5) is 3.83. The van der Waals surface area contributed by atoms with Crippen molar-refractivity contribution in [2.24, 2.45) is 0 Å². The number of thiazole rings is 1. The van der Waals surface area contributed by atoms with Crippen LogP contribution in [0.3, 0.4) is 0 Å². The van der Waals surface area contributed by atoms with E-state index in [4.69, 9.17) is 4.74 Å². The molecule has 2 nitrogen and oxygen atoms in total. The molecule has 1 radical (unpaired) electrons. The summed E-state index contributed by atoms with van der Waals surface area (Å²) in [5.41, 5.74) is 4.08. The standard InChI is InChI=1S/C11H10NOS/c1-8-3-4-10(9(2)5-8)13-11-6-12-7-14-11/h3-5,7H,1-2H3. The normalized spacial score (nSPS) is 10.1. The maximum Gasteiger partial charge on any atom is 0.210 e. The van der Waals surface area contributed by atoms with Crippen LogP contribution in [0.5, 0.6) is 10.8 Å². The molecule has 71 valence electrons. The first kappa shape index (κ1) is 9.21. The Morgan fingerprint density at radius 3 is 2.86 bits per heavy atom. The van der Waals surface area contributed by atoms with Crippen LogP contribution < -0.4 is 4.74 Å². The van der Waals surface area contributed by atoms with E-state index in [-0.39, 0.29) is 0 Å². The van der Waals surface area contributed by atoms with E-state index in [1.54, 1.807) is 5.51 Å². The van der Waals surface area contributed by atoms with Gasteiger partial charge in [0.15, 0.2) is 0 Å². The highest BCUT2D eigenvalue weighted by molar-refractivity contribution is 7.11. The Kier molecular flexibility index (Phi) is 2.50. The molecular weight excluding hydrogens is 194 g/mol. The highest BCUT2D eigenvalue weighted by atomic mass is 32.1. The third-order valence-electron chi connectivity index (χ3n) is 1.90. The van der Waals surface area contributed by atoms with Crippen LogP contribution in [-0.2, 0) is 0 Å². The maximum atomic E-state index is 5.60. The lowest BCUT2D eigenvalue weighted by atomic mass is 10.1. The average molecular weight is 204 g/mol. The maximum absolute atomic E-state index is 5.60. The Balaban J connectivity index is 2.25. The van der Waals surface area contributed by atoms with Gasteiger partial charge in [-0.25, -0.2) is 4.98 Å². The van der Waals surface area contributed by atoms with E-state index < -0.39 is 0 Å². The Morgan fingerprint density at radius 1 is 1.36 bits per heavy atom. The summed E-state index contributed by atoms with van der Waals surface area (Å²) in [5.74, 6) is 0.871. The fourth-order valence-electron chi connectivity index (χ4n) is 1.24. The van der Waals surface area contributed by atoms with Gasteiger partial charge in [0.05, 0.1) is 5.51 Å². The molecule has 0 bridgehead atoms. The molecular formula is C11H10NOS. The summed E-state index contributed by atoms with van der Waals surface area (Å²) < 4.78 is 5.60. The molecule has 3 heteroatoms. The second-order valence-corrected chi connectivity index (χ2v) is 3.94. The third-order valence-corrected chi connectivity index (χ3v) is 2.50. The minimum atomic E-state index is 0.706. The van der Waals surface area contributed by atoms with Gasteiger partial charge in [-0.15, -0.1) is 0 Å². The molecule has 2 rings (SSSR count). The van der Waals surface area contributed by atoms with E-state index in [2.05, 4.69) is 24.2 Å². The first-order chi connectivity index (χ1) is 6.75. The topological polar surface area (TPSA) is 22.1 Å². The van der Waals surface area contributed by atoms with E-state index in [0.29, 0.717) is 5.06 Å². The molecule has 0 aliphatic heterocycles. The Bertz CT molecular complexity index is 423. The molecule has 0 amide bonds. The number of nitrogens with zero attached hydrogens (tertiary/aromatic N) is 1. The first-order valence-electron chi connectivity index (χ1n) is 4.32. The van der Waals surface area contributed by atoms with Crippen LogP contribution in [0.25, 0.3) is 0 Å². The molecule has 0 N–H and O–H groups in total. The number of aromatic nitrogens is 1. The van der Waals surface area contributed by atoms with Gasteiger partial charge in [-0.1, -0.05) is 29.0 Å². The van der Waals surface area contributed by atoms with Gasteiger partial charge in [0.2, 0.25) is 5.06 Å². The molecule has 0 unspecified atom stereocenters. The van der Waals surface area contributed by atoms with Gasteiger partial charge in [-0.2, -0.15) is 0 Å². The minimum Gasteiger partial charge on any atom is -0.444 e. The van der Waals surface area contributed by atoms with Crippen molar-refractivity contribution in [3.63, 3.8) is 0 Å². The Morgan fingerprint density at radius 2 is 2.21 bits per heavy atom. The summed E-state index contributed by atoms with van der Waals surface area (Å²) in [7, 11) is 0. The quantitative estimate of drug-likeness (QED) is 0.748. The Labute approximate surface area is 87.2 Å². The van der Waals surface area contributed by atoms with Crippen molar-refractivity contribution >= 4 is 11.3 Å². The second kappa shape index (κ2) is 3.80. The highest BCUT2D eigenvalue weighted by Crippen LogP contribution is 2.27. The molecule has 1 aromatic heterocycles. The van der Waals surface area contributed by atoms with E-state index in [1.807, 2.05) is 19.1 Å². The molecule has 0 saturated heterocycles. The minimum absolute atomic E-state index is 0.706. The lowest BCUT2D eigenvalue weighted by molar-refractivity contribution is 0.490. The molecule has 0 fully saturated rings. The second-order valence-electron chi connectivity index (χ2n) is 3.12. The summed E-state index contributed by atoms with van der Waals surface area (Å²) in [6.45, 7) is 4.10. The van der Waals surface area contributed by atoms with Crippen molar-refractivity contribution in [2.45, 2.75) is 13.8 Å². The van der Waals surface area contributed by atoms with E-state index in [1.165, 1.54) is 16.9 Å². The fraction of sp³-hybridized carbons (Fsp3) is 0.182. The zero-order valence-corrected chi connectivity index (χ0v) is 8.89. The number of ether oxygens (including phenoxy) is 1. The van der Waals surface area contributed by atoms with Crippen molar-refractivity contribution in [2.75, 3.05) is 0 Å². The number of benzene rings is 1. The molecule has 0 atom stereocenters. The van der Waals surface area contributed by atoms with Crippen LogP contribution in [0, 0.1) is 20.0 Å². The van der Waals surface area contributed by atoms with Gasteiger partial charge in [0.25, 0.3) is 0 Å². The molecule has 2 aromatic rings. The lowest BCUT2D eigenvalue weighted by Gasteiger charge is -2.05. The van der Waals surface area contributed by atoms with Crippen LogP contribution >= 0.6 is 11.3 Å². The summed E-state index contributed by atoms with van der Waals surface area (Å²) in [6.07, 6.45) is 2.77. The van der Waals surface area contributed by atoms with Crippen LogP contribution in [0.1, 0.15) is 11.1 Å². The van der Waals surface area contributed by atoms with Crippen LogP contribution in [-0.4, -0.2) is 4.98 Å². The summed E-state index contributed by atoms with van der Waals surface area (Å²) >= 11 is 1.44. The van der Waals surface area contributed by atoms with Crippen LogP contribution in [0.4, 0.5) is 0 Å². The molecule has 1 heterocycles. The third kappa shape index (κ3) is 1.93. The van der Waals surface area contributed by atoms with E-state index in [9.17, 15) is 0 Å². The monoisotopic (exact) mass is 204 g/mol. The molecule has 14 heavy (non-hydrogen) atoms. The van der Waals surface area contributed by atoms with Gasteiger partial charge in [0.1, 0.15) is 11.9 Å². The van der Waals surface area contributed by atoms with Crippen molar-refractivity contribution in [3.05, 3.63) is 41.0 Å². The predicted molar refractivity (Wildman–Crippen MR) is 56.9 cm³/mol. The van der Waals surface area contributed by atoms with Crippen molar-refractivity contribution in [1.29, 1.82) is 0 Å². The predicted octanol–water partition coefficient (Wildman–Crippen LogP) is 3.35. The lowest BCUT2D eigenvalue weighted by Crippen LogP contribution is -1.86. The number of hydrogen-bond acceptors (Lipinski definition) is 3. The van der Waals surface area contributed by atoms with Crippen molar-refractivity contribution in [3.8, 4) is 10.8 Å². The average Bonchev–Trinajstić information content (AvgIpc) is 2.62. The van der Waals surface area contributed by atoms with Gasteiger partial charge in [-0.3, -0.25) is 0 Å². The fourth-order valence-corrected chi connectivity index (χ4v) is 1.68. The number of aryl methyl sites for hydroxylation is 2. The van der Waals surface area contributed by atoms with E-state index in [0.717, 1.165) is 11.3 Å². The van der Waals surface area contributed by atoms with Crippen molar-refractivity contribution in [1.82, 2.24) is 4.98 Å². The zero-order valence-electron chi connectivity index (χ0n) is 8.07.